The Hall–Kier alpha value is -0.975. The van der Waals surface area contributed by atoms with Gasteiger partial charge in [-0.3, -0.25) is 4.79 Å². The van der Waals surface area contributed by atoms with Crippen LogP contribution in [0.5, 0.6) is 0 Å². The smallest absolute Gasteiger partial charge is 0.313 e. The summed E-state index contributed by atoms with van der Waals surface area (Å²) in [6.45, 7) is 0. The number of esters is 1. The highest BCUT2D eigenvalue weighted by Crippen LogP contribution is 1.95. The van der Waals surface area contributed by atoms with Gasteiger partial charge < -0.3 is 4.74 Å². The van der Waals surface area contributed by atoms with Gasteiger partial charge in [0.15, 0.2) is 0 Å². The molecule has 8 heavy (non-hydrogen) atoms. The maximum atomic E-state index is 10.2. The van der Waals surface area contributed by atoms with Crippen molar-refractivity contribution in [1.82, 2.24) is 0 Å². The van der Waals surface area contributed by atoms with E-state index in [0.717, 1.165) is 0 Å². The molecule has 0 aliphatic carbocycles. The monoisotopic (exact) mass is 109 g/mol. The van der Waals surface area contributed by atoms with E-state index in [1.165, 1.54) is 13.2 Å². The largest absolute Gasteiger partial charge is 0.469 e. The summed E-state index contributed by atoms with van der Waals surface area (Å²) in [6.07, 6.45) is 0. The van der Waals surface area contributed by atoms with Gasteiger partial charge in [0, 0.05) is 0 Å². The molecule has 0 fully saturated rings. The van der Waals surface area contributed by atoms with Crippen LogP contribution in [0.15, 0.2) is 0 Å². The quantitative estimate of drug-likeness (QED) is 0.341. The van der Waals surface area contributed by atoms with Crippen molar-refractivity contribution < 1.29 is 9.53 Å². The van der Waals surface area contributed by atoms with Crippen molar-refractivity contribution >= 4 is 13.8 Å². The number of methoxy groups -OCH3 is 1. The number of carbonyl (C=O) groups is 1. The minimum atomic E-state index is -1.14. The number of hydrogen-bond acceptors (Lipinski definition) is 3. The fourth-order valence-electron chi connectivity index (χ4n) is 0.180. The standard InChI is InChI=1S/C4H4BNO2/c1-8-4(7)3(5)2-6/h3H,1H3. The number of rotatable bonds is 1. The number of ether oxygens (including phenoxy) is 1. The topological polar surface area (TPSA) is 50.1 Å². The number of nitriles is 1. The molecule has 0 heterocycles. The molecule has 0 saturated heterocycles. The number of carbonyl (C=O) groups excluding carboxylic acids is 1. The van der Waals surface area contributed by atoms with Crippen LogP contribution in [0.2, 0.25) is 5.82 Å². The zero-order valence-corrected chi connectivity index (χ0v) is 4.42. The van der Waals surface area contributed by atoms with Crippen molar-refractivity contribution in [3.05, 3.63) is 0 Å². The molecule has 0 aromatic heterocycles. The van der Waals surface area contributed by atoms with Crippen molar-refractivity contribution in [3.8, 4) is 6.07 Å². The Labute approximate surface area is 48.7 Å². The summed E-state index contributed by atoms with van der Waals surface area (Å²) in [5.74, 6) is -1.84. The molecule has 4 heteroatoms. The van der Waals surface area contributed by atoms with Crippen LogP contribution >= 0.6 is 0 Å². The minimum Gasteiger partial charge on any atom is -0.469 e. The van der Waals surface area contributed by atoms with Gasteiger partial charge in [0.25, 0.3) is 0 Å². The average Bonchev–Trinajstić information content (AvgIpc) is 1.84. The minimum absolute atomic E-state index is 0.701. The van der Waals surface area contributed by atoms with Crippen LogP contribution in [0.25, 0.3) is 0 Å². The molecule has 0 aromatic carbocycles. The fourth-order valence-corrected chi connectivity index (χ4v) is 0.180. The molecular formula is C4H4BNO2. The van der Waals surface area contributed by atoms with E-state index in [-0.39, 0.29) is 0 Å². The predicted octanol–water partition coefficient (Wildman–Crippen LogP) is -0.360. The van der Waals surface area contributed by atoms with E-state index in [0.29, 0.717) is 0 Å². The first kappa shape index (κ1) is 7.02. The SMILES string of the molecule is [B]C(C#N)C(=O)OC. The second kappa shape index (κ2) is 3.08. The lowest BCUT2D eigenvalue weighted by Gasteiger charge is -1.96. The van der Waals surface area contributed by atoms with Crippen LogP contribution in [0.3, 0.4) is 0 Å². The van der Waals surface area contributed by atoms with Gasteiger partial charge >= 0.3 is 5.97 Å². The highest BCUT2D eigenvalue weighted by molar-refractivity contribution is 6.24. The second-order valence-corrected chi connectivity index (χ2v) is 1.13. The first-order valence-electron chi connectivity index (χ1n) is 1.95. The summed E-state index contributed by atoms with van der Waals surface area (Å²) >= 11 is 0. The van der Waals surface area contributed by atoms with E-state index in [2.05, 4.69) is 4.74 Å². The summed E-state index contributed by atoms with van der Waals surface area (Å²) in [5.41, 5.74) is 0. The number of hydrogen-bond donors (Lipinski definition) is 0. The molecule has 0 aliphatic rings. The van der Waals surface area contributed by atoms with Crippen LogP contribution in [0, 0.1) is 11.3 Å². The van der Waals surface area contributed by atoms with Crippen molar-refractivity contribution in [2.75, 3.05) is 7.11 Å². The average molecular weight is 109 g/mol. The van der Waals surface area contributed by atoms with Crippen LogP contribution in [-0.4, -0.2) is 20.9 Å². The van der Waals surface area contributed by atoms with Gasteiger partial charge in [0.1, 0.15) is 13.7 Å². The molecule has 0 amide bonds. The molecule has 1 atom stereocenters. The van der Waals surface area contributed by atoms with Gasteiger partial charge in [-0.2, -0.15) is 5.26 Å². The van der Waals surface area contributed by atoms with Crippen molar-refractivity contribution in [3.63, 3.8) is 0 Å². The summed E-state index contributed by atoms with van der Waals surface area (Å²) in [7, 11) is 6.07. The van der Waals surface area contributed by atoms with E-state index in [1.807, 2.05) is 0 Å². The first-order chi connectivity index (χ1) is 3.72. The Kier molecular flexibility index (Phi) is 2.71. The predicted molar refractivity (Wildman–Crippen MR) is 27.1 cm³/mol. The first-order valence-corrected chi connectivity index (χ1v) is 1.95. The summed E-state index contributed by atoms with van der Waals surface area (Å²) in [6, 6.07) is 1.52. The van der Waals surface area contributed by atoms with Gasteiger partial charge in [0.2, 0.25) is 0 Å². The zero-order valence-electron chi connectivity index (χ0n) is 4.42. The van der Waals surface area contributed by atoms with Gasteiger partial charge in [-0.25, -0.2) is 0 Å². The van der Waals surface area contributed by atoms with E-state index in [4.69, 9.17) is 13.1 Å². The normalized spacial score (nSPS) is 11.5. The highest BCUT2D eigenvalue weighted by Gasteiger charge is 2.08. The molecule has 0 aromatic rings. The zero-order chi connectivity index (χ0) is 6.57. The molecule has 0 rings (SSSR count). The Morgan fingerprint density at radius 2 is 2.50 bits per heavy atom. The highest BCUT2D eigenvalue weighted by atomic mass is 16.5. The number of nitrogens with zero attached hydrogens (tertiary/aromatic N) is 1. The van der Waals surface area contributed by atoms with E-state index < -0.39 is 11.8 Å². The van der Waals surface area contributed by atoms with Crippen LogP contribution in [-0.2, 0) is 9.53 Å². The lowest BCUT2D eigenvalue weighted by molar-refractivity contribution is -0.139. The van der Waals surface area contributed by atoms with Gasteiger partial charge in [-0.05, 0) is 0 Å². The molecule has 40 valence electrons. The maximum absolute atomic E-state index is 10.2. The maximum Gasteiger partial charge on any atom is 0.313 e. The molecule has 2 radical (unpaired) electrons. The third-order valence-electron chi connectivity index (χ3n) is 0.594. The second-order valence-electron chi connectivity index (χ2n) is 1.13. The Morgan fingerprint density at radius 3 is 2.62 bits per heavy atom. The van der Waals surface area contributed by atoms with Crippen molar-refractivity contribution in [2.24, 2.45) is 0 Å². The van der Waals surface area contributed by atoms with Crippen LogP contribution in [0.1, 0.15) is 0 Å². The molecule has 1 unspecified atom stereocenters. The van der Waals surface area contributed by atoms with Gasteiger partial charge in [-0.1, -0.05) is 0 Å². The van der Waals surface area contributed by atoms with Gasteiger partial charge in [0.05, 0.1) is 13.2 Å². The lowest BCUT2D eigenvalue weighted by atomic mass is 9.89. The fraction of sp³-hybridized carbons (Fsp3) is 0.500. The third kappa shape index (κ3) is 1.65. The van der Waals surface area contributed by atoms with E-state index >= 15 is 0 Å². The Balaban J connectivity index is 3.68. The van der Waals surface area contributed by atoms with Gasteiger partial charge in [-0.15, -0.1) is 0 Å². The summed E-state index contributed by atoms with van der Waals surface area (Å²) in [5, 5.41) is 7.96. The molecule has 3 nitrogen and oxygen atoms in total. The summed E-state index contributed by atoms with van der Waals surface area (Å²) in [4.78, 5) is 10.2. The molecule has 0 spiro atoms. The van der Waals surface area contributed by atoms with Crippen LogP contribution < -0.4 is 0 Å². The molecule has 0 bridgehead atoms. The third-order valence-corrected chi connectivity index (χ3v) is 0.594. The summed E-state index contributed by atoms with van der Waals surface area (Å²) < 4.78 is 4.12. The van der Waals surface area contributed by atoms with E-state index in [9.17, 15) is 4.79 Å². The Bertz CT molecular complexity index is 128. The molecule has 0 aliphatic heterocycles. The Morgan fingerprint density at radius 1 is 2.00 bits per heavy atom. The molecule has 0 N–H and O–H groups in total. The molecular weight excluding hydrogens is 105 g/mol. The lowest BCUT2D eigenvalue weighted by Crippen LogP contribution is -2.07. The molecule has 0 saturated carbocycles. The van der Waals surface area contributed by atoms with Crippen LogP contribution in [0.4, 0.5) is 0 Å². The van der Waals surface area contributed by atoms with Crippen molar-refractivity contribution in [1.29, 1.82) is 5.26 Å². The van der Waals surface area contributed by atoms with E-state index in [1.54, 1.807) is 0 Å². The van der Waals surface area contributed by atoms with Crippen molar-refractivity contribution in [2.45, 2.75) is 5.82 Å².